The lowest BCUT2D eigenvalue weighted by atomic mass is 10.1. The summed E-state index contributed by atoms with van der Waals surface area (Å²) < 4.78 is 0. The summed E-state index contributed by atoms with van der Waals surface area (Å²) >= 11 is 0. The lowest BCUT2D eigenvalue weighted by molar-refractivity contribution is 1.14. The number of pyridine rings is 3. The van der Waals surface area contributed by atoms with Gasteiger partial charge in [-0.15, -0.1) is 0 Å². The van der Waals surface area contributed by atoms with Gasteiger partial charge in [0.1, 0.15) is 5.69 Å². The van der Waals surface area contributed by atoms with Crippen LogP contribution in [0, 0.1) is 0 Å². The van der Waals surface area contributed by atoms with Gasteiger partial charge in [-0.3, -0.25) is 14.8 Å². The molecule has 0 unspecified atom stereocenters. The van der Waals surface area contributed by atoms with Crippen molar-refractivity contribution in [1.82, 2.24) is 24.9 Å². The maximum atomic E-state index is 12.3. The molecule has 0 saturated heterocycles. The van der Waals surface area contributed by atoms with E-state index in [1.54, 1.807) is 43.0 Å². The molecule has 23 heavy (non-hydrogen) atoms. The van der Waals surface area contributed by atoms with E-state index in [9.17, 15) is 4.79 Å². The van der Waals surface area contributed by atoms with Crippen LogP contribution in [0.5, 0.6) is 0 Å². The van der Waals surface area contributed by atoms with Crippen LogP contribution in [0.4, 0.5) is 0 Å². The van der Waals surface area contributed by atoms with Crippen molar-refractivity contribution in [1.29, 1.82) is 0 Å². The fourth-order valence-electron chi connectivity index (χ4n) is 2.36. The topological polar surface area (TPSA) is 84.4 Å². The highest BCUT2D eigenvalue weighted by Crippen LogP contribution is 2.19. The highest BCUT2D eigenvalue weighted by molar-refractivity contribution is 5.81. The Morgan fingerprint density at radius 2 is 1.87 bits per heavy atom. The second kappa shape index (κ2) is 5.42. The smallest absolute Gasteiger partial charge is 0.257 e. The van der Waals surface area contributed by atoms with Crippen molar-refractivity contribution in [2.75, 3.05) is 0 Å². The molecule has 0 aliphatic rings. The molecule has 0 aliphatic carbocycles. The SMILES string of the molecule is O=c1[nH]c2ccncc2cc1-c1ccnc(-c2ccccn2)n1. The van der Waals surface area contributed by atoms with Crippen LogP contribution in [0.3, 0.4) is 0 Å². The zero-order valence-corrected chi connectivity index (χ0v) is 12.0. The zero-order valence-electron chi connectivity index (χ0n) is 12.0. The summed E-state index contributed by atoms with van der Waals surface area (Å²) in [4.78, 5) is 32.2. The number of hydrogen-bond acceptors (Lipinski definition) is 5. The maximum absolute atomic E-state index is 12.3. The molecule has 0 spiro atoms. The van der Waals surface area contributed by atoms with Crippen LogP contribution in [0.1, 0.15) is 0 Å². The van der Waals surface area contributed by atoms with Gasteiger partial charge in [0.05, 0.1) is 16.8 Å². The molecule has 6 nitrogen and oxygen atoms in total. The molecular weight excluding hydrogens is 290 g/mol. The van der Waals surface area contributed by atoms with Crippen LogP contribution in [-0.4, -0.2) is 24.9 Å². The molecule has 0 aromatic carbocycles. The third-order valence-corrected chi connectivity index (χ3v) is 3.47. The predicted molar refractivity (Wildman–Crippen MR) is 86.6 cm³/mol. The Bertz CT molecular complexity index is 1040. The van der Waals surface area contributed by atoms with Gasteiger partial charge in [-0.1, -0.05) is 6.07 Å². The molecule has 110 valence electrons. The first kappa shape index (κ1) is 13.3. The van der Waals surface area contributed by atoms with Gasteiger partial charge in [-0.2, -0.15) is 0 Å². The van der Waals surface area contributed by atoms with Crippen molar-refractivity contribution in [3.63, 3.8) is 0 Å². The summed E-state index contributed by atoms with van der Waals surface area (Å²) in [5.74, 6) is 0.480. The standard InChI is InChI=1S/C17H11N5O/c23-17-12(9-11-10-18-7-4-13(11)22-17)14-5-8-20-16(21-14)15-3-1-2-6-19-15/h1-10H,(H,22,23). The normalized spacial score (nSPS) is 10.8. The number of fused-ring (bicyclic) bond motifs is 1. The minimum absolute atomic E-state index is 0.200. The van der Waals surface area contributed by atoms with Crippen LogP contribution >= 0.6 is 0 Å². The number of hydrogen-bond donors (Lipinski definition) is 1. The van der Waals surface area contributed by atoms with E-state index in [0.717, 1.165) is 10.9 Å². The van der Waals surface area contributed by atoms with Gasteiger partial charge in [-0.05, 0) is 30.3 Å². The summed E-state index contributed by atoms with van der Waals surface area (Å²) in [5, 5.41) is 0.847. The molecular formula is C17H11N5O. The number of aromatic amines is 1. The van der Waals surface area contributed by atoms with Crippen LogP contribution in [-0.2, 0) is 0 Å². The lowest BCUT2D eigenvalue weighted by Gasteiger charge is -2.04. The summed E-state index contributed by atoms with van der Waals surface area (Å²) in [7, 11) is 0. The van der Waals surface area contributed by atoms with Crippen molar-refractivity contribution in [3.8, 4) is 22.8 Å². The first-order valence-electron chi connectivity index (χ1n) is 7.03. The minimum atomic E-state index is -0.200. The predicted octanol–water partition coefficient (Wildman–Crippen LogP) is 2.44. The van der Waals surface area contributed by atoms with E-state index in [0.29, 0.717) is 22.8 Å². The molecule has 6 heteroatoms. The molecule has 0 saturated carbocycles. The van der Waals surface area contributed by atoms with Gasteiger partial charge < -0.3 is 4.98 Å². The summed E-state index contributed by atoms with van der Waals surface area (Å²) in [6.07, 6.45) is 6.65. The first-order chi connectivity index (χ1) is 11.3. The first-order valence-corrected chi connectivity index (χ1v) is 7.03. The fraction of sp³-hybridized carbons (Fsp3) is 0. The van der Waals surface area contributed by atoms with Gasteiger partial charge in [0.25, 0.3) is 5.56 Å². The van der Waals surface area contributed by atoms with Gasteiger partial charge in [0, 0.05) is 30.2 Å². The molecule has 0 atom stereocenters. The molecule has 0 aliphatic heterocycles. The molecule has 1 N–H and O–H groups in total. The second-order valence-electron chi connectivity index (χ2n) is 4.96. The van der Waals surface area contributed by atoms with Crippen LogP contribution in [0.2, 0.25) is 0 Å². The zero-order chi connectivity index (χ0) is 15.6. The Balaban J connectivity index is 1.88. The average molecular weight is 301 g/mol. The summed E-state index contributed by atoms with van der Waals surface area (Å²) in [5.41, 5.74) is 2.23. The number of nitrogens with zero attached hydrogens (tertiary/aromatic N) is 4. The van der Waals surface area contributed by atoms with Crippen LogP contribution in [0.15, 0.2) is 66.0 Å². The maximum Gasteiger partial charge on any atom is 0.257 e. The second-order valence-corrected chi connectivity index (χ2v) is 4.96. The van der Waals surface area contributed by atoms with E-state index in [1.165, 1.54) is 0 Å². The largest absolute Gasteiger partial charge is 0.321 e. The van der Waals surface area contributed by atoms with Crippen LogP contribution < -0.4 is 5.56 Å². The molecule has 0 bridgehead atoms. The molecule has 0 fully saturated rings. The van der Waals surface area contributed by atoms with E-state index in [1.807, 2.05) is 18.2 Å². The van der Waals surface area contributed by atoms with Crippen molar-refractivity contribution < 1.29 is 0 Å². The minimum Gasteiger partial charge on any atom is -0.321 e. The van der Waals surface area contributed by atoms with Gasteiger partial charge in [-0.25, -0.2) is 9.97 Å². The van der Waals surface area contributed by atoms with E-state index in [4.69, 9.17) is 0 Å². The Hall–Kier alpha value is -3.41. The molecule has 0 amide bonds. The number of nitrogens with one attached hydrogen (secondary N) is 1. The molecule has 4 aromatic rings. The third-order valence-electron chi connectivity index (χ3n) is 3.47. The monoisotopic (exact) mass is 301 g/mol. The quantitative estimate of drug-likeness (QED) is 0.614. The number of aromatic nitrogens is 5. The summed E-state index contributed by atoms with van der Waals surface area (Å²) in [6.45, 7) is 0. The average Bonchev–Trinajstić information content (AvgIpc) is 2.62. The van der Waals surface area contributed by atoms with E-state index in [2.05, 4.69) is 24.9 Å². The van der Waals surface area contributed by atoms with Crippen LogP contribution in [0.25, 0.3) is 33.7 Å². The van der Waals surface area contributed by atoms with Gasteiger partial charge >= 0.3 is 0 Å². The number of H-pyrrole nitrogens is 1. The number of rotatable bonds is 2. The third kappa shape index (κ3) is 2.46. The van der Waals surface area contributed by atoms with E-state index in [-0.39, 0.29) is 5.56 Å². The Labute approximate surface area is 130 Å². The van der Waals surface area contributed by atoms with Gasteiger partial charge in [0.15, 0.2) is 5.82 Å². The Morgan fingerprint density at radius 3 is 2.74 bits per heavy atom. The van der Waals surface area contributed by atoms with Crippen molar-refractivity contribution in [3.05, 3.63) is 71.5 Å². The van der Waals surface area contributed by atoms with Crippen molar-refractivity contribution >= 4 is 10.9 Å². The Kier molecular flexibility index (Phi) is 3.12. The van der Waals surface area contributed by atoms with E-state index >= 15 is 0 Å². The summed E-state index contributed by atoms with van der Waals surface area (Å²) in [6, 6.07) is 10.8. The lowest BCUT2D eigenvalue weighted by Crippen LogP contribution is -2.10. The van der Waals surface area contributed by atoms with Gasteiger partial charge in [0.2, 0.25) is 0 Å². The fourth-order valence-corrected chi connectivity index (χ4v) is 2.36. The molecule has 0 radical (unpaired) electrons. The highest BCUT2D eigenvalue weighted by atomic mass is 16.1. The van der Waals surface area contributed by atoms with Crippen molar-refractivity contribution in [2.45, 2.75) is 0 Å². The molecule has 4 rings (SSSR count). The molecule has 4 heterocycles. The molecule has 4 aromatic heterocycles. The highest BCUT2D eigenvalue weighted by Gasteiger charge is 2.10. The van der Waals surface area contributed by atoms with E-state index < -0.39 is 0 Å². The van der Waals surface area contributed by atoms with Crippen molar-refractivity contribution in [2.24, 2.45) is 0 Å². The Morgan fingerprint density at radius 1 is 0.913 bits per heavy atom.